The zero-order valence-corrected chi connectivity index (χ0v) is 8.25. The van der Waals surface area contributed by atoms with E-state index in [-0.39, 0.29) is 0 Å². The molecule has 0 saturated carbocycles. The van der Waals surface area contributed by atoms with Crippen molar-refractivity contribution in [3.8, 4) is 0 Å². The number of rotatable bonds is 6. The summed E-state index contributed by atoms with van der Waals surface area (Å²) in [6.45, 7) is 6.03. The van der Waals surface area contributed by atoms with Crippen LogP contribution in [0.4, 0.5) is 0 Å². The molecular formula is C8H17N5. The van der Waals surface area contributed by atoms with Crippen LogP contribution in [0.5, 0.6) is 0 Å². The first kappa shape index (κ1) is 10.1. The lowest BCUT2D eigenvalue weighted by Crippen LogP contribution is -2.28. The van der Waals surface area contributed by atoms with Crippen LogP contribution in [-0.4, -0.2) is 47.0 Å². The van der Waals surface area contributed by atoms with Crippen molar-refractivity contribution in [2.45, 2.75) is 13.5 Å². The van der Waals surface area contributed by atoms with Gasteiger partial charge in [0.1, 0.15) is 0 Å². The molecule has 0 radical (unpaired) electrons. The third-order valence-corrected chi connectivity index (χ3v) is 1.82. The molecule has 5 nitrogen and oxygen atoms in total. The molecule has 74 valence electrons. The Morgan fingerprint density at radius 3 is 3.08 bits per heavy atom. The van der Waals surface area contributed by atoms with E-state index in [1.54, 1.807) is 6.20 Å². The predicted octanol–water partition coefficient (Wildman–Crippen LogP) is -0.154. The van der Waals surface area contributed by atoms with Gasteiger partial charge in [-0.3, -0.25) is 4.90 Å². The van der Waals surface area contributed by atoms with E-state index in [0.717, 1.165) is 31.9 Å². The summed E-state index contributed by atoms with van der Waals surface area (Å²) in [5.41, 5.74) is 0.985. The number of nitrogens with one attached hydrogen (secondary N) is 2. The molecule has 2 N–H and O–H groups in total. The van der Waals surface area contributed by atoms with E-state index in [0.29, 0.717) is 0 Å². The Labute approximate surface area is 78.5 Å². The maximum Gasteiger partial charge on any atom is 0.0964 e. The van der Waals surface area contributed by atoms with Crippen molar-refractivity contribution in [3.05, 3.63) is 11.9 Å². The van der Waals surface area contributed by atoms with Crippen molar-refractivity contribution in [2.75, 3.05) is 26.7 Å². The Morgan fingerprint density at radius 1 is 1.62 bits per heavy atom. The normalized spacial score (nSPS) is 11.0. The minimum absolute atomic E-state index is 0.849. The molecule has 1 aromatic heterocycles. The SMILES string of the molecule is CCNCCN(C)Cc1cn[nH]n1. The number of hydrogen-bond acceptors (Lipinski definition) is 4. The van der Waals surface area contributed by atoms with Crippen molar-refractivity contribution in [1.29, 1.82) is 0 Å². The molecule has 0 aliphatic rings. The van der Waals surface area contributed by atoms with Gasteiger partial charge < -0.3 is 5.32 Å². The summed E-state index contributed by atoms with van der Waals surface area (Å²) in [6, 6.07) is 0. The Bertz CT molecular complexity index is 208. The molecule has 0 fully saturated rings. The molecule has 0 aliphatic heterocycles. The van der Waals surface area contributed by atoms with E-state index in [4.69, 9.17) is 0 Å². The molecule has 0 unspecified atom stereocenters. The zero-order valence-electron chi connectivity index (χ0n) is 8.25. The molecule has 0 saturated heterocycles. The molecule has 1 heterocycles. The highest BCUT2D eigenvalue weighted by molar-refractivity contribution is 4.89. The number of aromatic nitrogens is 3. The maximum atomic E-state index is 3.99. The number of nitrogens with zero attached hydrogens (tertiary/aromatic N) is 3. The van der Waals surface area contributed by atoms with Gasteiger partial charge in [-0.2, -0.15) is 15.4 Å². The van der Waals surface area contributed by atoms with Crippen molar-refractivity contribution in [1.82, 2.24) is 25.6 Å². The number of H-pyrrole nitrogens is 1. The van der Waals surface area contributed by atoms with Crippen LogP contribution in [0.1, 0.15) is 12.6 Å². The molecular weight excluding hydrogens is 166 g/mol. The van der Waals surface area contributed by atoms with Crippen molar-refractivity contribution in [2.24, 2.45) is 0 Å². The molecule has 5 heteroatoms. The summed E-state index contributed by atoms with van der Waals surface area (Å²) >= 11 is 0. The lowest BCUT2D eigenvalue weighted by atomic mass is 10.4. The van der Waals surface area contributed by atoms with Gasteiger partial charge in [-0.25, -0.2) is 0 Å². The third-order valence-electron chi connectivity index (χ3n) is 1.82. The number of hydrogen-bond donors (Lipinski definition) is 2. The summed E-state index contributed by atoms with van der Waals surface area (Å²) in [5.74, 6) is 0. The van der Waals surface area contributed by atoms with E-state index in [1.165, 1.54) is 0 Å². The van der Waals surface area contributed by atoms with Crippen LogP contribution in [0.3, 0.4) is 0 Å². The minimum Gasteiger partial charge on any atom is -0.316 e. The molecule has 0 amide bonds. The molecule has 0 bridgehead atoms. The average Bonchev–Trinajstić information content (AvgIpc) is 2.57. The first-order valence-electron chi connectivity index (χ1n) is 4.57. The van der Waals surface area contributed by atoms with Crippen LogP contribution in [0, 0.1) is 0 Å². The standard InChI is InChI=1S/C8H17N5/c1-3-9-4-5-13(2)7-8-6-10-12-11-8/h6,9H,3-5,7H2,1-2H3,(H,10,11,12). The average molecular weight is 183 g/mol. The highest BCUT2D eigenvalue weighted by Crippen LogP contribution is 1.94. The van der Waals surface area contributed by atoms with Gasteiger partial charge in [-0.1, -0.05) is 6.92 Å². The fourth-order valence-electron chi connectivity index (χ4n) is 1.10. The molecule has 1 rings (SSSR count). The van der Waals surface area contributed by atoms with E-state index in [9.17, 15) is 0 Å². The van der Waals surface area contributed by atoms with Gasteiger partial charge in [-0.05, 0) is 13.6 Å². The van der Waals surface area contributed by atoms with Gasteiger partial charge in [0.05, 0.1) is 11.9 Å². The molecule has 13 heavy (non-hydrogen) atoms. The summed E-state index contributed by atoms with van der Waals surface area (Å²) in [7, 11) is 2.08. The highest BCUT2D eigenvalue weighted by atomic mass is 15.3. The Kier molecular flexibility index (Phi) is 4.42. The van der Waals surface area contributed by atoms with Gasteiger partial charge in [0.2, 0.25) is 0 Å². The summed E-state index contributed by atoms with van der Waals surface area (Å²) < 4.78 is 0. The largest absolute Gasteiger partial charge is 0.316 e. The van der Waals surface area contributed by atoms with Crippen LogP contribution in [0.15, 0.2) is 6.20 Å². The molecule has 0 spiro atoms. The van der Waals surface area contributed by atoms with Crippen molar-refractivity contribution < 1.29 is 0 Å². The summed E-state index contributed by atoms with van der Waals surface area (Å²) in [6.07, 6.45) is 1.75. The quantitative estimate of drug-likeness (QED) is 0.602. The zero-order chi connectivity index (χ0) is 9.52. The minimum atomic E-state index is 0.849. The van der Waals surface area contributed by atoms with Gasteiger partial charge in [0, 0.05) is 19.6 Å². The maximum absolute atomic E-state index is 3.99. The van der Waals surface area contributed by atoms with E-state index >= 15 is 0 Å². The van der Waals surface area contributed by atoms with Gasteiger partial charge in [0.25, 0.3) is 0 Å². The van der Waals surface area contributed by atoms with Crippen LogP contribution in [-0.2, 0) is 6.54 Å². The fourth-order valence-corrected chi connectivity index (χ4v) is 1.10. The second-order valence-corrected chi connectivity index (χ2v) is 3.05. The van der Waals surface area contributed by atoms with Gasteiger partial charge >= 0.3 is 0 Å². The van der Waals surface area contributed by atoms with E-state index < -0.39 is 0 Å². The van der Waals surface area contributed by atoms with Crippen LogP contribution in [0.2, 0.25) is 0 Å². The monoisotopic (exact) mass is 183 g/mol. The first-order chi connectivity index (χ1) is 6.33. The topological polar surface area (TPSA) is 56.8 Å². The second-order valence-electron chi connectivity index (χ2n) is 3.05. The number of likely N-dealkylation sites (N-methyl/N-ethyl adjacent to an activating group) is 2. The van der Waals surface area contributed by atoms with E-state index in [1.807, 2.05) is 0 Å². The fraction of sp³-hybridized carbons (Fsp3) is 0.750. The lowest BCUT2D eigenvalue weighted by Gasteiger charge is -2.14. The first-order valence-corrected chi connectivity index (χ1v) is 4.57. The Hall–Kier alpha value is -0.940. The molecule has 1 aromatic rings. The Balaban J connectivity index is 2.14. The van der Waals surface area contributed by atoms with Crippen LogP contribution in [0.25, 0.3) is 0 Å². The second kappa shape index (κ2) is 5.66. The van der Waals surface area contributed by atoms with Crippen molar-refractivity contribution >= 4 is 0 Å². The highest BCUT2D eigenvalue weighted by Gasteiger charge is 2.00. The smallest absolute Gasteiger partial charge is 0.0964 e. The summed E-state index contributed by atoms with van der Waals surface area (Å²) in [4.78, 5) is 2.21. The van der Waals surface area contributed by atoms with Crippen molar-refractivity contribution in [3.63, 3.8) is 0 Å². The lowest BCUT2D eigenvalue weighted by molar-refractivity contribution is 0.321. The number of aromatic amines is 1. The molecule has 0 aromatic carbocycles. The Morgan fingerprint density at radius 2 is 2.46 bits per heavy atom. The van der Waals surface area contributed by atoms with E-state index in [2.05, 4.69) is 39.6 Å². The summed E-state index contributed by atoms with van der Waals surface area (Å²) in [5, 5.41) is 13.6. The van der Waals surface area contributed by atoms with Gasteiger partial charge in [0.15, 0.2) is 0 Å². The third kappa shape index (κ3) is 4.00. The van der Waals surface area contributed by atoms with Crippen LogP contribution >= 0.6 is 0 Å². The molecule has 0 atom stereocenters. The van der Waals surface area contributed by atoms with Crippen LogP contribution < -0.4 is 5.32 Å². The van der Waals surface area contributed by atoms with Gasteiger partial charge in [-0.15, -0.1) is 0 Å². The molecule has 0 aliphatic carbocycles. The predicted molar refractivity (Wildman–Crippen MR) is 51.3 cm³/mol.